The van der Waals surface area contributed by atoms with Crippen molar-refractivity contribution >= 4 is 17.6 Å². The molecule has 8 heteroatoms. The van der Waals surface area contributed by atoms with Crippen LogP contribution in [-0.2, 0) is 0 Å². The maximum atomic E-state index is 9.95. The van der Waals surface area contributed by atoms with Crippen molar-refractivity contribution in [3.63, 3.8) is 0 Å². The van der Waals surface area contributed by atoms with E-state index >= 15 is 0 Å². The molecule has 1 N–H and O–H groups in total. The molecule has 164 valence electrons. The number of methoxy groups -OCH3 is 2. The summed E-state index contributed by atoms with van der Waals surface area (Å²) in [5.74, 6) is 1.95. The number of ether oxygens (including phenoxy) is 3. The molecule has 0 radical (unpaired) electrons. The van der Waals surface area contributed by atoms with Gasteiger partial charge in [0.15, 0.2) is 11.5 Å². The van der Waals surface area contributed by atoms with Crippen molar-refractivity contribution in [2.24, 2.45) is 10.1 Å². The van der Waals surface area contributed by atoms with Crippen LogP contribution in [0.3, 0.4) is 0 Å². The van der Waals surface area contributed by atoms with Crippen LogP contribution in [0.1, 0.15) is 26.3 Å². The van der Waals surface area contributed by atoms with Crippen LogP contribution in [0.15, 0.2) is 51.9 Å². The van der Waals surface area contributed by atoms with E-state index in [4.69, 9.17) is 24.3 Å². The Morgan fingerprint density at radius 1 is 1.10 bits per heavy atom. The summed E-state index contributed by atoms with van der Waals surface area (Å²) in [6, 6.07) is 10.9. The highest BCUT2D eigenvalue weighted by molar-refractivity contribution is 7.07. The van der Waals surface area contributed by atoms with Gasteiger partial charge in [0.2, 0.25) is 4.80 Å². The number of aromatic nitrogens is 1. The third-order valence-corrected chi connectivity index (χ3v) is 5.17. The van der Waals surface area contributed by atoms with E-state index in [0.717, 1.165) is 27.4 Å². The Balaban J connectivity index is 2.13. The minimum Gasteiger partial charge on any atom is -0.504 e. The van der Waals surface area contributed by atoms with Crippen molar-refractivity contribution in [2.45, 2.75) is 26.8 Å². The maximum Gasteiger partial charge on any atom is 0.206 e. The van der Waals surface area contributed by atoms with Crippen molar-refractivity contribution in [2.75, 3.05) is 20.8 Å². The van der Waals surface area contributed by atoms with Crippen LogP contribution in [0.25, 0.3) is 11.3 Å². The molecule has 0 aliphatic rings. The second-order valence-corrected chi connectivity index (χ2v) is 7.75. The third-order valence-electron chi connectivity index (χ3n) is 4.34. The zero-order valence-electron chi connectivity index (χ0n) is 18.3. The van der Waals surface area contributed by atoms with E-state index in [1.54, 1.807) is 43.3 Å². The number of rotatable bonds is 8. The molecule has 2 aromatic carbocycles. The number of benzene rings is 2. The molecule has 1 aromatic heterocycles. The number of nitrogens with zero attached hydrogens (tertiary/aromatic N) is 3. The smallest absolute Gasteiger partial charge is 0.206 e. The highest BCUT2D eigenvalue weighted by Gasteiger charge is 2.14. The molecule has 0 unspecified atom stereocenters. The summed E-state index contributed by atoms with van der Waals surface area (Å²) in [7, 11) is 3.27. The molecule has 7 nitrogen and oxygen atoms in total. The standard InChI is InChI=1S/C23H27N3O4S/c1-6-30-22-11-16(7-9-20(22)27)13-24-26-19(14-31-23(26)25-15(2)3)18-12-17(28-4)8-10-21(18)29-5/h7-15,27H,6H2,1-5H3. The molecule has 0 atom stereocenters. The molecule has 0 saturated heterocycles. The summed E-state index contributed by atoms with van der Waals surface area (Å²) in [4.78, 5) is 5.47. The van der Waals surface area contributed by atoms with E-state index < -0.39 is 0 Å². The monoisotopic (exact) mass is 441 g/mol. The second kappa shape index (κ2) is 10.2. The molecule has 31 heavy (non-hydrogen) atoms. The van der Waals surface area contributed by atoms with E-state index in [1.165, 1.54) is 11.3 Å². The van der Waals surface area contributed by atoms with Crippen molar-refractivity contribution in [3.05, 3.63) is 52.1 Å². The number of phenols is 1. The molecule has 3 rings (SSSR count). The van der Waals surface area contributed by atoms with Crippen LogP contribution in [0.5, 0.6) is 23.0 Å². The van der Waals surface area contributed by atoms with Gasteiger partial charge in [0.05, 0.1) is 32.7 Å². The Morgan fingerprint density at radius 3 is 2.58 bits per heavy atom. The lowest BCUT2D eigenvalue weighted by atomic mass is 10.1. The van der Waals surface area contributed by atoms with Crippen LogP contribution in [0, 0.1) is 0 Å². The van der Waals surface area contributed by atoms with Crippen LogP contribution >= 0.6 is 11.3 Å². The number of phenolic OH excluding ortho intramolecular Hbond substituents is 1. The number of hydrogen-bond acceptors (Lipinski definition) is 7. The summed E-state index contributed by atoms with van der Waals surface area (Å²) in [6.07, 6.45) is 1.71. The van der Waals surface area contributed by atoms with Crippen LogP contribution in [0.2, 0.25) is 0 Å². The highest BCUT2D eigenvalue weighted by Crippen LogP contribution is 2.34. The van der Waals surface area contributed by atoms with E-state index in [2.05, 4.69) is 0 Å². The fraction of sp³-hybridized carbons (Fsp3) is 0.304. The van der Waals surface area contributed by atoms with Crippen molar-refractivity contribution in [3.8, 4) is 34.3 Å². The predicted molar refractivity (Wildman–Crippen MR) is 124 cm³/mol. The molecule has 0 spiro atoms. The first-order valence-corrected chi connectivity index (χ1v) is 10.8. The Morgan fingerprint density at radius 2 is 1.90 bits per heavy atom. The van der Waals surface area contributed by atoms with Crippen molar-refractivity contribution in [1.29, 1.82) is 0 Å². The zero-order chi connectivity index (χ0) is 22.4. The Hall–Kier alpha value is -3.26. The van der Waals surface area contributed by atoms with E-state index in [0.29, 0.717) is 18.1 Å². The first-order valence-electron chi connectivity index (χ1n) is 9.93. The lowest BCUT2D eigenvalue weighted by Crippen LogP contribution is -2.14. The molecule has 0 fully saturated rings. The van der Waals surface area contributed by atoms with E-state index in [9.17, 15) is 5.11 Å². The van der Waals surface area contributed by atoms with Gasteiger partial charge in [-0.05, 0) is 62.7 Å². The minimum absolute atomic E-state index is 0.0967. The van der Waals surface area contributed by atoms with Gasteiger partial charge in [0, 0.05) is 17.0 Å². The maximum absolute atomic E-state index is 9.95. The van der Waals surface area contributed by atoms with Gasteiger partial charge in [-0.3, -0.25) is 4.99 Å². The first-order chi connectivity index (χ1) is 15.0. The minimum atomic E-state index is 0.0967. The first kappa shape index (κ1) is 22.4. The summed E-state index contributed by atoms with van der Waals surface area (Å²) in [5, 5.41) is 16.6. The summed E-state index contributed by atoms with van der Waals surface area (Å²) in [5.41, 5.74) is 2.47. The highest BCUT2D eigenvalue weighted by atomic mass is 32.1. The SMILES string of the molecule is CCOc1cc(C=Nn2c(-c3cc(OC)ccc3OC)csc2=NC(C)C)ccc1O. The summed E-state index contributed by atoms with van der Waals surface area (Å²) >= 11 is 1.50. The molecule has 0 saturated carbocycles. The average Bonchev–Trinajstić information content (AvgIpc) is 3.15. The van der Waals surface area contributed by atoms with Crippen LogP contribution in [-0.4, -0.2) is 42.9 Å². The molecule has 3 aromatic rings. The van der Waals surface area contributed by atoms with Gasteiger partial charge >= 0.3 is 0 Å². The average molecular weight is 442 g/mol. The molecule has 0 amide bonds. The second-order valence-electron chi connectivity index (χ2n) is 6.91. The normalized spacial score (nSPS) is 12.0. The summed E-state index contributed by atoms with van der Waals surface area (Å²) < 4.78 is 18.2. The molecule has 0 bridgehead atoms. The molecule has 1 heterocycles. The third kappa shape index (κ3) is 5.27. The summed E-state index contributed by atoms with van der Waals surface area (Å²) in [6.45, 7) is 6.38. The number of hydrogen-bond donors (Lipinski definition) is 1. The number of thiazole rings is 1. The lowest BCUT2D eigenvalue weighted by Gasteiger charge is -2.11. The lowest BCUT2D eigenvalue weighted by molar-refractivity contribution is 0.318. The topological polar surface area (TPSA) is 77.6 Å². The van der Waals surface area contributed by atoms with Gasteiger partial charge in [-0.15, -0.1) is 11.3 Å². The van der Waals surface area contributed by atoms with Crippen LogP contribution < -0.4 is 19.0 Å². The fourth-order valence-corrected chi connectivity index (χ4v) is 3.89. The Bertz CT molecular complexity index is 1130. The van der Waals surface area contributed by atoms with Gasteiger partial charge < -0.3 is 19.3 Å². The predicted octanol–water partition coefficient (Wildman–Crippen LogP) is 4.53. The van der Waals surface area contributed by atoms with E-state index in [1.807, 2.05) is 44.4 Å². The fourth-order valence-electron chi connectivity index (χ4n) is 2.93. The Kier molecular flexibility index (Phi) is 7.36. The van der Waals surface area contributed by atoms with Crippen molar-refractivity contribution < 1.29 is 19.3 Å². The largest absolute Gasteiger partial charge is 0.504 e. The Labute approximate surface area is 185 Å². The molecule has 0 aliphatic heterocycles. The van der Waals surface area contributed by atoms with Crippen molar-refractivity contribution in [1.82, 2.24) is 4.68 Å². The molecular formula is C23H27N3O4S. The van der Waals surface area contributed by atoms with Gasteiger partial charge in [-0.1, -0.05) is 0 Å². The molecular weight excluding hydrogens is 414 g/mol. The van der Waals surface area contributed by atoms with Gasteiger partial charge in [-0.2, -0.15) is 5.10 Å². The van der Waals surface area contributed by atoms with Gasteiger partial charge in [0.1, 0.15) is 11.5 Å². The number of aromatic hydroxyl groups is 1. The molecule has 0 aliphatic carbocycles. The van der Waals surface area contributed by atoms with Gasteiger partial charge in [0.25, 0.3) is 0 Å². The van der Waals surface area contributed by atoms with E-state index in [-0.39, 0.29) is 11.8 Å². The van der Waals surface area contributed by atoms with Gasteiger partial charge in [-0.25, -0.2) is 4.68 Å². The van der Waals surface area contributed by atoms with Crippen LogP contribution in [0.4, 0.5) is 0 Å². The quantitative estimate of drug-likeness (QED) is 0.521. The zero-order valence-corrected chi connectivity index (χ0v) is 19.1.